The van der Waals surface area contributed by atoms with Crippen LogP contribution in [-0.2, 0) is 11.3 Å². The lowest BCUT2D eigenvalue weighted by Gasteiger charge is -2.21. The smallest absolute Gasteiger partial charge is 0.250 e. The van der Waals surface area contributed by atoms with Gasteiger partial charge < -0.3 is 15.2 Å². The SMILES string of the molecule is NCc1ccnc(OCC2CCOCC2)c1F. The minimum absolute atomic E-state index is 0.0550. The molecular formula is C12H17FN2O2. The molecule has 2 rings (SSSR count). The third-order valence-corrected chi connectivity index (χ3v) is 2.95. The Labute approximate surface area is 99.9 Å². The Kier molecular flexibility index (Phi) is 4.28. The van der Waals surface area contributed by atoms with Crippen molar-refractivity contribution in [1.82, 2.24) is 4.98 Å². The maximum Gasteiger partial charge on any atom is 0.250 e. The number of hydrogen-bond acceptors (Lipinski definition) is 4. The highest BCUT2D eigenvalue weighted by Crippen LogP contribution is 2.20. The van der Waals surface area contributed by atoms with Gasteiger partial charge in [-0.25, -0.2) is 9.37 Å². The fourth-order valence-corrected chi connectivity index (χ4v) is 1.83. The Morgan fingerprint density at radius 3 is 2.94 bits per heavy atom. The summed E-state index contributed by atoms with van der Waals surface area (Å²) in [7, 11) is 0. The molecule has 0 aliphatic carbocycles. The molecule has 1 aliphatic rings. The van der Waals surface area contributed by atoms with Crippen molar-refractivity contribution >= 4 is 0 Å². The summed E-state index contributed by atoms with van der Waals surface area (Å²) < 4.78 is 24.4. The zero-order chi connectivity index (χ0) is 12.1. The molecule has 1 aromatic rings. The van der Waals surface area contributed by atoms with Crippen LogP contribution >= 0.6 is 0 Å². The van der Waals surface area contributed by atoms with Gasteiger partial charge in [-0.15, -0.1) is 0 Å². The highest BCUT2D eigenvalue weighted by atomic mass is 19.1. The number of rotatable bonds is 4. The summed E-state index contributed by atoms with van der Waals surface area (Å²) in [4.78, 5) is 3.89. The van der Waals surface area contributed by atoms with Crippen LogP contribution in [0.15, 0.2) is 12.3 Å². The van der Waals surface area contributed by atoms with E-state index < -0.39 is 5.82 Å². The minimum Gasteiger partial charge on any atom is -0.475 e. The summed E-state index contributed by atoms with van der Waals surface area (Å²) >= 11 is 0. The molecule has 0 unspecified atom stereocenters. The molecule has 2 heterocycles. The molecule has 0 bridgehead atoms. The van der Waals surface area contributed by atoms with Crippen LogP contribution in [0.3, 0.4) is 0 Å². The predicted octanol–water partition coefficient (Wildman–Crippen LogP) is 1.48. The quantitative estimate of drug-likeness (QED) is 0.866. The molecular weight excluding hydrogens is 223 g/mol. The first kappa shape index (κ1) is 12.3. The molecule has 17 heavy (non-hydrogen) atoms. The Hall–Kier alpha value is -1.20. The summed E-state index contributed by atoms with van der Waals surface area (Å²) in [5.41, 5.74) is 5.85. The lowest BCUT2D eigenvalue weighted by atomic mass is 10.0. The van der Waals surface area contributed by atoms with E-state index in [0.29, 0.717) is 18.1 Å². The Morgan fingerprint density at radius 1 is 1.47 bits per heavy atom. The van der Waals surface area contributed by atoms with E-state index in [4.69, 9.17) is 15.2 Å². The van der Waals surface area contributed by atoms with Gasteiger partial charge in [-0.05, 0) is 24.8 Å². The predicted molar refractivity (Wildman–Crippen MR) is 61.1 cm³/mol. The standard InChI is InChI=1S/C12H17FN2O2/c13-11-10(7-14)1-4-15-12(11)17-8-9-2-5-16-6-3-9/h1,4,9H,2-3,5-8,14H2. The molecule has 0 aromatic carbocycles. The monoisotopic (exact) mass is 240 g/mol. The lowest BCUT2D eigenvalue weighted by Crippen LogP contribution is -2.22. The van der Waals surface area contributed by atoms with Gasteiger partial charge in [0.2, 0.25) is 0 Å². The molecule has 0 atom stereocenters. The molecule has 2 N–H and O–H groups in total. The van der Waals surface area contributed by atoms with Crippen LogP contribution in [0.4, 0.5) is 4.39 Å². The van der Waals surface area contributed by atoms with E-state index in [1.54, 1.807) is 6.07 Å². The van der Waals surface area contributed by atoms with Crippen molar-refractivity contribution in [2.75, 3.05) is 19.8 Å². The number of ether oxygens (including phenoxy) is 2. The normalized spacial score (nSPS) is 17.1. The van der Waals surface area contributed by atoms with E-state index in [-0.39, 0.29) is 12.4 Å². The number of nitrogens with zero attached hydrogens (tertiary/aromatic N) is 1. The van der Waals surface area contributed by atoms with Crippen LogP contribution in [0.2, 0.25) is 0 Å². The molecule has 1 fully saturated rings. The molecule has 0 saturated carbocycles. The fourth-order valence-electron chi connectivity index (χ4n) is 1.83. The summed E-state index contributed by atoms with van der Waals surface area (Å²) in [5, 5.41) is 0. The molecule has 0 amide bonds. The molecule has 1 saturated heterocycles. The minimum atomic E-state index is -0.443. The Morgan fingerprint density at radius 2 is 2.24 bits per heavy atom. The lowest BCUT2D eigenvalue weighted by molar-refractivity contribution is 0.0483. The van der Waals surface area contributed by atoms with Crippen LogP contribution in [0.25, 0.3) is 0 Å². The molecule has 0 spiro atoms. The van der Waals surface area contributed by atoms with E-state index in [1.807, 2.05) is 0 Å². The second-order valence-corrected chi connectivity index (χ2v) is 4.16. The Balaban J connectivity index is 1.93. The second kappa shape index (κ2) is 5.93. The zero-order valence-corrected chi connectivity index (χ0v) is 9.69. The third kappa shape index (κ3) is 3.14. The molecule has 5 heteroatoms. The number of pyridine rings is 1. The number of aromatic nitrogens is 1. The number of nitrogens with two attached hydrogens (primary N) is 1. The van der Waals surface area contributed by atoms with Gasteiger partial charge in [-0.3, -0.25) is 0 Å². The number of halogens is 1. The fraction of sp³-hybridized carbons (Fsp3) is 0.583. The number of hydrogen-bond donors (Lipinski definition) is 1. The maximum atomic E-state index is 13.7. The van der Waals surface area contributed by atoms with E-state index in [2.05, 4.69) is 4.98 Å². The zero-order valence-electron chi connectivity index (χ0n) is 9.69. The van der Waals surface area contributed by atoms with Gasteiger partial charge in [0, 0.05) is 31.5 Å². The first-order valence-electron chi connectivity index (χ1n) is 5.85. The van der Waals surface area contributed by atoms with Crippen molar-refractivity contribution in [2.24, 2.45) is 11.7 Å². The molecule has 0 radical (unpaired) electrons. The van der Waals surface area contributed by atoms with Crippen LogP contribution in [0.5, 0.6) is 5.88 Å². The molecule has 94 valence electrons. The van der Waals surface area contributed by atoms with E-state index in [1.165, 1.54) is 6.20 Å². The average molecular weight is 240 g/mol. The molecule has 1 aliphatic heterocycles. The summed E-state index contributed by atoms with van der Waals surface area (Å²) in [6.45, 7) is 2.16. The first-order valence-corrected chi connectivity index (χ1v) is 5.85. The summed E-state index contributed by atoms with van der Waals surface area (Å²) in [5.74, 6) is 0.0352. The third-order valence-electron chi connectivity index (χ3n) is 2.95. The summed E-state index contributed by atoms with van der Waals surface area (Å²) in [6, 6.07) is 1.57. The van der Waals surface area contributed by atoms with Gasteiger partial charge in [0.25, 0.3) is 5.88 Å². The van der Waals surface area contributed by atoms with Crippen LogP contribution < -0.4 is 10.5 Å². The van der Waals surface area contributed by atoms with E-state index >= 15 is 0 Å². The second-order valence-electron chi connectivity index (χ2n) is 4.16. The van der Waals surface area contributed by atoms with Crippen molar-refractivity contribution in [1.29, 1.82) is 0 Å². The average Bonchev–Trinajstić information content (AvgIpc) is 2.39. The van der Waals surface area contributed by atoms with Gasteiger partial charge in [-0.1, -0.05) is 0 Å². The largest absolute Gasteiger partial charge is 0.475 e. The summed E-state index contributed by atoms with van der Waals surface area (Å²) in [6.07, 6.45) is 3.43. The van der Waals surface area contributed by atoms with E-state index in [9.17, 15) is 4.39 Å². The van der Waals surface area contributed by atoms with Crippen molar-refractivity contribution in [3.05, 3.63) is 23.6 Å². The first-order chi connectivity index (χ1) is 8.31. The van der Waals surface area contributed by atoms with Crippen molar-refractivity contribution < 1.29 is 13.9 Å². The van der Waals surface area contributed by atoms with Gasteiger partial charge in [0.05, 0.1) is 6.61 Å². The van der Waals surface area contributed by atoms with Gasteiger partial charge >= 0.3 is 0 Å². The molecule has 4 nitrogen and oxygen atoms in total. The van der Waals surface area contributed by atoms with Crippen LogP contribution in [0.1, 0.15) is 18.4 Å². The molecule has 1 aromatic heterocycles. The van der Waals surface area contributed by atoms with Gasteiger partial charge in [0.15, 0.2) is 5.82 Å². The van der Waals surface area contributed by atoms with Crippen molar-refractivity contribution in [2.45, 2.75) is 19.4 Å². The van der Waals surface area contributed by atoms with Crippen LogP contribution in [0, 0.1) is 11.7 Å². The van der Waals surface area contributed by atoms with E-state index in [0.717, 1.165) is 26.1 Å². The highest BCUT2D eigenvalue weighted by Gasteiger charge is 2.16. The Bertz CT molecular complexity index is 368. The van der Waals surface area contributed by atoms with Gasteiger partial charge in [-0.2, -0.15) is 0 Å². The van der Waals surface area contributed by atoms with Gasteiger partial charge in [0.1, 0.15) is 0 Å². The highest BCUT2D eigenvalue weighted by molar-refractivity contribution is 5.23. The van der Waals surface area contributed by atoms with Crippen molar-refractivity contribution in [3.63, 3.8) is 0 Å². The topological polar surface area (TPSA) is 57.4 Å². The van der Waals surface area contributed by atoms with Crippen molar-refractivity contribution in [3.8, 4) is 5.88 Å². The maximum absolute atomic E-state index is 13.7. The van der Waals surface area contributed by atoms with Crippen LogP contribution in [-0.4, -0.2) is 24.8 Å².